The Morgan fingerprint density at radius 3 is 2.88 bits per heavy atom. The number of alkyl halides is 1. The second-order valence-corrected chi connectivity index (χ2v) is 2.45. The molecule has 1 heterocycles. The Labute approximate surface area is 60.4 Å². The maximum Gasteiger partial charge on any atom is 0.0653 e. The molecule has 4 heteroatoms. The zero-order valence-corrected chi connectivity index (χ0v) is 6.33. The Kier molecular flexibility index (Phi) is 1.91. The van der Waals surface area contributed by atoms with Crippen molar-refractivity contribution < 1.29 is 0 Å². The Morgan fingerprint density at radius 2 is 2.62 bits per heavy atom. The highest BCUT2D eigenvalue weighted by Crippen LogP contribution is 2.13. The lowest BCUT2D eigenvalue weighted by atomic mass is 10.5. The summed E-state index contributed by atoms with van der Waals surface area (Å²) in [4.78, 5) is 0. The van der Waals surface area contributed by atoms with E-state index in [1.807, 2.05) is 0 Å². The second-order valence-electron chi connectivity index (χ2n) is 1.33. The largest absolute Gasteiger partial charge is 0.280 e. The summed E-state index contributed by atoms with van der Waals surface area (Å²) in [7, 11) is 0. The zero-order valence-electron chi connectivity index (χ0n) is 3.99. The monoisotopic (exact) mass is 194 g/mol. The highest BCUT2D eigenvalue weighted by atomic mass is 79.9. The molecule has 1 N–H and O–H groups in total. The van der Waals surface area contributed by atoms with Gasteiger partial charge in [-0.2, -0.15) is 5.10 Å². The molecule has 0 aromatic carbocycles. The van der Waals surface area contributed by atoms with Crippen molar-refractivity contribution >= 4 is 27.5 Å². The summed E-state index contributed by atoms with van der Waals surface area (Å²) >= 11 is 8.72. The lowest BCUT2D eigenvalue weighted by molar-refractivity contribution is 1.03. The molecular formula is C4H4BrClN2. The fourth-order valence-corrected chi connectivity index (χ4v) is 1.09. The first kappa shape index (κ1) is 6.11. The maximum atomic E-state index is 5.47. The molecule has 0 fully saturated rings. The van der Waals surface area contributed by atoms with Gasteiger partial charge in [-0.25, -0.2) is 0 Å². The molecule has 0 atom stereocenters. The molecule has 1 rings (SSSR count). The molecule has 0 saturated heterocycles. The lowest BCUT2D eigenvalue weighted by Crippen LogP contribution is -1.75. The van der Waals surface area contributed by atoms with Gasteiger partial charge in [0, 0.05) is 0 Å². The van der Waals surface area contributed by atoms with Gasteiger partial charge in [-0.1, -0.05) is 0 Å². The van der Waals surface area contributed by atoms with E-state index in [-0.39, 0.29) is 0 Å². The van der Waals surface area contributed by atoms with E-state index < -0.39 is 0 Å². The number of aromatic nitrogens is 2. The van der Waals surface area contributed by atoms with Crippen LogP contribution in [0.2, 0.25) is 0 Å². The van der Waals surface area contributed by atoms with Crippen LogP contribution in [0.3, 0.4) is 0 Å². The quantitative estimate of drug-likeness (QED) is 0.682. The van der Waals surface area contributed by atoms with E-state index in [2.05, 4.69) is 26.1 Å². The third-order valence-electron chi connectivity index (χ3n) is 0.799. The molecule has 44 valence electrons. The molecule has 0 unspecified atom stereocenters. The van der Waals surface area contributed by atoms with Crippen molar-refractivity contribution in [1.29, 1.82) is 0 Å². The SMILES string of the molecule is ClCc1[nH]ncc1Br. The molecule has 0 aliphatic heterocycles. The summed E-state index contributed by atoms with van der Waals surface area (Å²) in [5.41, 5.74) is 0.923. The van der Waals surface area contributed by atoms with Gasteiger partial charge in [-0.05, 0) is 15.9 Å². The van der Waals surface area contributed by atoms with E-state index in [1.54, 1.807) is 6.20 Å². The van der Waals surface area contributed by atoms with Crippen LogP contribution in [-0.4, -0.2) is 10.2 Å². The molecule has 1 aromatic rings. The van der Waals surface area contributed by atoms with Gasteiger partial charge in [0.25, 0.3) is 0 Å². The molecule has 8 heavy (non-hydrogen) atoms. The molecule has 0 aliphatic rings. The van der Waals surface area contributed by atoms with Crippen molar-refractivity contribution in [1.82, 2.24) is 10.2 Å². The molecule has 2 nitrogen and oxygen atoms in total. The fraction of sp³-hybridized carbons (Fsp3) is 0.250. The molecule has 0 aliphatic carbocycles. The normalized spacial score (nSPS) is 9.75. The Bertz CT molecular complexity index is 174. The summed E-state index contributed by atoms with van der Waals surface area (Å²) in [6.45, 7) is 0. The Balaban J connectivity index is 2.92. The van der Waals surface area contributed by atoms with Crippen LogP contribution in [-0.2, 0) is 5.88 Å². The highest BCUT2D eigenvalue weighted by molar-refractivity contribution is 9.10. The van der Waals surface area contributed by atoms with Crippen LogP contribution in [0.15, 0.2) is 10.7 Å². The van der Waals surface area contributed by atoms with Crippen molar-refractivity contribution in [3.8, 4) is 0 Å². The summed E-state index contributed by atoms with van der Waals surface area (Å²) in [5.74, 6) is 0.473. The van der Waals surface area contributed by atoms with Gasteiger partial charge in [-0.15, -0.1) is 11.6 Å². The predicted molar refractivity (Wildman–Crippen MR) is 35.8 cm³/mol. The van der Waals surface area contributed by atoms with Gasteiger partial charge in [0.2, 0.25) is 0 Å². The maximum absolute atomic E-state index is 5.47. The minimum Gasteiger partial charge on any atom is -0.280 e. The summed E-state index contributed by atoms with van der Waals surface area (Å²) in [6.07, 6.45) is 1.68. The van der Waals surface area contributed by atoms with E-state index in [1.165, 1.54) is 0 Å². The summed E-state index contributed by atoms with van der Waals surface area (Å²) < 4.78 is 0.938. The molecule has 0 radical (unpaired) electrons. The number of halogens is 2. The van der Waals surface area contributed by atoms with Gasteiger partial charge in [0.15, 0.2) is 0 Å². The van der Waals surface area contributed by atoms with Crippen molar-refractivity contribution in [3.05, 3.63) is 16.4 Å². The minimum atomic E-state index is 0.473. The third kappa shape index (κ3) is 1.03. The van der Waals surface area contributed by atoms with Crippen LogP contribution in [0.25, 0.3) is 0 Å². The average Bonchev–Trinajstić information content (AvgIpc) is 2.14. The molecular weight excluding hydrogens is 191 g/mol. The smallest absolute Gasteiger partial charge is 0.0653 e. The lowest BCUT2D eigenvalue weighted by Gasteiger charge is -1.83. The predicted octanol–water partition coefficient (Wildman–Crippen LogP) is 1.91. The van der Waals surface area contributed by atoms with Crippen LogP contribution in [0, 0.1) is 0 Å². The number of nitrogens with zero attached hydrogens (tertiary/aromatic N) is 1. The van der Waals surface area contributed by atoms with Crippen LogP contribution in [0.5, 0.6) is 0 Å². The second kappa shape index (κ2) is 2.51. The molecule has 1 aromatic heterocycles. The van der Waals surface area contributed by atoms with Crippen molar-refractivity contribution in [2.24, 2.45) is 0 Å². The number of hydrogen-bond donors (Lipinski definition) is 1. The average molecular weight is 195 g/mol. The van der Waals surface area contributed by atoms with Gasteiger partial charge >= 0.3 is 0 Å². The van der Waals surface area contributed by atoms with E-state index in [0.29, 0.717) is 5.88 Å². The number of nitrogens with one attached hydrogen (secondary N) is 1. The number of aromatic amines is 1. The summed E-state index contributed by atoms with van der Waals surface area (Å²) in [5, 5.41) is 6.46. The molecule has 0 bridgehead atoms. The number of H-pyrrole nitrogens is 1. The number of hydrogen-bond acceptors (Lipinski definition) is 1. The first-order valence-electron chi connectivity index (χ1n) is 2.08. The van der Waals surface area contributed by atoms with Crippen molar-refractivity contribution in [2.45, 2.75) is 5.88 Å². The van der Waals surface area contributed by atoms with Crippen LogP contribution in [0.1, 0.15) is 5.69 Å². The van der Waals surface area contributed by atoms with E-state index in [9.17, 15) is 0 Å². The number of rotatable bonds is 1. The first-order chi connectivity index (χ1) is 3.84. The van der Waals surface area contributed by atoms with Gasteiger partial charge in [0.05, 0.1) is 22.2 Å². The third-order valence-corrected chi connectivity index (χ3v) is 1.75. The molecule has 0 saturated carbocycles. The van der Waals surface area contributed by atoms with Crippen molar-refractivity contribution in [3.63, 3.8) is 0 Å². The fourth-order valence-electron chi connectivity index (χ4n) is 0.392. The van der Waals surface area contributed by atoms with Gasteiger partial charge < -0.3 is 0 Å². The molecule has 0 amide bonds. The van der Waals surface area contributed by atoms with Crippen molar-refractivity contribution in [2.75, 3.05) is 0 Å². The van der Waals surface area contributed by atoms with Crippen LogP contribution >= 0.6 is 27.5 Å². The summed E-state index contributed by atoms with van der Waals surface area (Å²) in [6, 6.07) is 0. The van der Waals surface area contributed by atoms with Gasteiger partial charge in [0.1, 0.15) is 0 Å². The zero-order chi connectivity index (χ0) is 5.98. The van der Waals surface area contributed by atoms with Crippen LogP contribution in [0.4, 0.5) is 0 Å². The Morgan fingerprint density at radius 1 is 1.88 bits per heavy atom. The first-order valence-corrected chi connectivity index (χ1v) is 3.41. The topological polar surface area (TPSA) is 28.7 Å². The molecule has 0 spiro atoms. The van der Waals surface area contributed by atoms with E-state index in [0.717, 1.165) is 10.2 Å². The Hall–Kier alpha value is -0.0200. The van der Waals surface area contributed by atoms with Gasteiger partial charge in [-0.3, -0.25) is 5.10 Å². The van der Waals surface area contributed by atoms with E-state index in [4.69, 9.17) is 11.6 Å². The highest BCUT2D eigenvalue weighted by Gasteiger charge is 1.96. The minimum absolute atomic E-state index is 0.473. The standard InChI is InChI=1S/C4H4BrClN2/c5-3-2-7-8-4(3)1-6/h2H,1H2,(H,7,8). The van der Waals surface area contributed by atoms with E-state index >= 15 is 0 Å². The van der Waals surface area contributed by atoms with Crippen LogP contribution < -0.4 is 0 Å².